The standard InChI is InChI=1S/C9H10N4O2S/c1-6-4-16-5-7(6)9-10-11-12-13(9)3-2-8(14)15/h4-5H,2-3H2,1H3,(H,14,15). The average Bonchev–Trinajstić information content (AvgIpc) is 2.82. The molecule has 2 rings (SSSR count). The van der Waals surface area contributed by atoms with E-state index >= 15 is 0 Å². The van der Waals surface area contributed by atoms with Gasteiger partial charge in [0.15, 0.2) is 5.82 Å². The number of carbonyl (C=O) groups is 1. The molecule has 2 aromatic heterocycles. The van der Waals surface area contributed by atoms with Crippen LogP contribution in [-0.4, -0.2) is 31.3 Å². The summed E-state index contributed by atoms with van der Waals surface area (Å²) in [4.78, 5) is 10.5. The molecule has 1 N–H and O–H groups in total. The van der Waals surface area contributed by atoms with Gasteiger partial charge in [0.2, 0.25) is 0 Å². The van der Waals surface area contributed by atoms with E-state index in [9.17, 15) is 4.79 Å². The second-order valence-corrected chi connectivity index (χ2v) is 4.08. The van der Waals surface area contributed by atoms with Crippen LogP contribution in [0.25, 0.3) is 11.4 Å². The van der Waals surface area contributed by atoms with E-state index in [1.807, 2.05) is 17.7 Å². The number of aliphatic carboxylic acids is 1. The van der Waals surface area contributed by atoms with Crippen LogP contribution in [0, 0.1) is 6.92 Å². The molecule has 0 saturated carbocycles. The molecular formula is C9H10N4O2S. The lowest BCUT2D eigenvalue weighted by Gasteiger charge is -2.01. The zero-order chi connectivity index (χ0) is 11.5. The van der Waals surface area contributed by atoms with Crippen LogP contribution >= 0.6 is 11.3 Å². The third-order valence-electron chi connectivity index (χ3n) is 2.17. The van der Waals surface area contributed by atoms with Gasteiger partial charge in [-0.05, 0) is 28.3 Å². The normalized spacial score (nSPS) is 10.6. The number of thiophene rings is 1. The molecule has 0 aliphatic carbocycles. The molecule has 0 unspecified atom stereocenters. The second kappa shape index (κ2) is 4.40. The largest absolute Gasteiger partial charge is 0.481 e. The van der Waals surface area contributed by atoms with Gasteiger partial charge < -0.3 is 5.11 Å². The molecule has 16 heavy (non-hydrogen) atoms. The Labute approximate surface area is 95.5 Å². The van der Waals surface area contributed by atoms with Crippen LogP contribution in [0.1, 0.15) is 12.0 Å². The third-order valence-corrected chi connectivity index (χ3v) is 3.03. The highest BCUT2D eigenvalue weighted by molar-refractivity contribution is 7.08. The first-order chi connectivity index (χ1) is 7.68. The highest BCUT2D eigenvalue weighted by Crippen LogP contribution is 2.24. The van der Waals surface area contributed by atoms with Crippen molar-refractivity contribution in [2.24, 2.45) is 0 Å². The zero-order valence-corrected chi connectivity index (χ0v) is 9.44. The summed E-state index contributed by atoms with van der Waals surface area (Å²) in [6, 6.07) is 0. The van der Waals surface area contributed by atoms with E-state index < -0.39 is 5.97 Å². The van der Waals surface area contributed by atoms with Gasteiger partial charge in [0.05, 0.1) is 13.0 Å². The van der Waals surface area contributed by atoms with Crippen molar-refractivity contribution >= 4 is 17.3 Å². The first-order valence-electron chi connectivity index (χ1n) is 4.69. The number of hydrogen-bond acceptors (Lipinski definition) is 5. The highest BCUT2D eigenvalue weighted by atomic mass is 32.1. The Morgan fingerprint density at radius 3 is 3.00 bits per heavy atom. The van der Waals surface area contributed by atoms with E-state index in [0.717, 1.165) is 11.1 Å². The molecule has 0 amide bonds. The topological polar surface area (TPSA) is 80.9 Å². The van der Waals surface area contributed by atoms with Crippen LogP contribution in [0.3, 0.4) is 0 Å². The van der Waals surface area contributed by atoms with Crippen molar-refractivity contribution in [3.8, 4) is 11.4 Å². The van der Waals surface area contributed by atoms with Gasteiger partial charge in [-0.2, -0.15) is 11.3 Å². The number of aromatic nitrogens is 4. The molecule has 0 aromatic carbocycles. The van der Waals surface area contributed by atoms with Crippen molar-refractivity contribution in [1.29, 1.82) is 0 Å². The summed E-state index contributed by atoms with van der Waals surface area (Å²) in [5, 5.41) is 23.8. The maximum atomic E-state index is 10.5. The van der Waals surface area contributed by atoms with Crippen molar-refractivity contribution in [2.45, 2.75) is 19.9 Å². The fraction of sp³-hybridized carbons (Fsp3) is 0.333. The smallest absolute Gasteiger partial charge is 0.305 e. The molecule has 0 saturated heterocycles. The highest BCUT2D eigenvalue weighted by Gasteiger charge is 2.12. The Balaban J connectivity index is 2.26. The maximum absolute atomic E-state index is 10.5. The summed E-state index contributed by atoms with van der Waals surface area (Å²) >= 11 is 1.57. The first-order valence-corrected chi connectivity index (χ1v) is 5.64. The fourth-order valence-corrected chi connectivity index (χ4v) is 2.17. The van der Waals surface area contributed by atoms with E-state index in [-0.39, 0.29) is 13.0 Å². The minimum absolute atomic E-state index is 0.0151. The molecule has 0 aliphatic heterocycles. The fourth-order valence-electron chi connectivity index (χ4n) is 1.34. The Kier molecular flexibility index (Phi) is 2.95. The lowest BCUT2D eigenvalue weighted by atomic mass is 10.2. The summed E-state index contributed by atoms with van der Waals surface area (Å²) in [7, 11) is 0. The number of rotatable bonds is 4. The first kappa shape index (κ1) is 10.7. The summed E-state index contributed by atoms with van der Waals surface area (Å²) in [5.41, 5.74) is 2.05. The predicted octanol–water partition coefficient (Wildman–Crippen LogP) is 1.18. The number of nitrogens with zero attached hydrogens (tertiary/aromatic N) is 4. The molecule has 0 radical (unpaired) electrons. The number of tetrazole rings is 1. The molecular weight excluding hydrogens is 228 g/mol. The second-order valence-electron chi connectivity index (χ2n) is 3.34. The van der Waals surface area contributed by atoms with Crippen LogP contribution in [0.5, 0.6) is 0 Å². The third kappa shape index (κ3) is 2.08. The van der Waals surface area contributed by atoms with Gasteiger partial charge in [-0.25, -0.2) is 4.68 Å². The molecule has 0 fully saturated rings. The van der Waals surface area contributed by atoms with Crippen molar-refractivity contribution in [3.63, 3.8) is 0 Å². The number of carboxylic acids is 1. The van der Waals surface area contributed by atoms with Crippen molar-refractivity contribution < 1.29 is 9.90 Å². The molecule has 7 heteroatoms. The lowest BCUT2D eigenvalue weighted by molar-refractivity contribution is -0.137. The van der Waals surface area contributed by atoms with Crippen molar-refractivity contribution in [1.82, 2.24) is 20.2 Å². The van der Waals surface area contributed by atoms with E-state index in [4.69, 9.17) is 5.11 Å². The molecule has 0 bridgehead atoms. The summed E-state index contributed by atoms with van der Waals surface area (Å²) < 4.78 is 1.52. The Hall–Kier alpha value is -1.76. The van der Waals surface area contributed by atoms with Gasteiger partial charge in [-0.3, -0.25) is 4.79 Å². The number of carboxylic acid groups (broad SMARTS) is 1. The Bertz CT molecular complexity index is 505. The van der Waals surface area contributed by atoms with Crippen LogP contribution in [0.15, 0.2) is 10.8 Å². The van der Waals surface area contributed by atoms with E-state index in [1.165, 1.54) is 4.68 Å². The minimum atomic E-state index is -0.858. The summed E-state index contributed by atoms with van der Waals surface area (Å²) in [6.45, 7) is 2.26. The van der Waals surface area contributed by atoms with Gasteiger partial charge in [-0.15, -0.1) is 5.10 Å². The number of aryl methyl sites for hydroxylation is 2. The lowest BCUT2D eigenvalue weighted by Crippen LogP contribution is -2.07. The minimum Gasteiger partial charge on any atom is -0.481 e. The van der Waals surface area contributed by atoms with Crippen molar-refractivity contribution in [3.05, 3.63) is 16.3 Å². The molecule has 84 valence electrons. The van der Waals surface area contributed by atoms with Crippen molar-refractivity contribution in [2.75, 3.05) is 0 Å². The van der Waals surface area contributed by atoms with E-state index in [2.05, 4.69) is 15.5 Å². The van der Waals surface area contributed by atoms with Gasteiger partial charge in [0, 0.05) is 10.9 Å². The average molecular weight is 238 g/mol. The van der Waals surface area contributed by atoms with E-state index in [1.54, 1.807) is 11.3 Å². The van der Waals surface area contributed by atoms with E-state index in [0.29, 0.717) is 5.82 Å². The zero-order valence-electron chi connectivity index (χ0n) is 8.62. The predicted molar refractivity (Wildman–Crippen MR) is 58.1 cm³/mol. The van der Waals surface area contributed by atoms with Crippen LogP contribution in [-0.2, 0) is 11.3 Å². The molecule has 6 nitrogen and oxygen atoms in total. The molecule has 2 heterocycles. The molecule has 0 atom stereocenters. The summed E-state index contributed by atoms with van der Waals surface area (Å²) in [6.07, 6.45) is 0.0151. The van der Waals surface area contributed by atoms with Crippen LogP contribution < -0.4 is 0 Å². The van der Waals surface area contributed by atoms with Gasteiger partial charge in [0.1, 0.15) is 0 Å². The van der Waals surface area contributed by atoms with Gasteiger partial charge in [-0.1, -0.05) is 0 Å². The van der Waals surface area contributed by atoms with Gasteiger partial charge >= 0.3 is 5.97 Å². The molecule has 2 aromatic rings. The molecule has 0 spiro atoms. The number of hydrogen-bond donors (Lipinski definition) is 1. The van der Waals surface area contributed by atoms with Gasteiger partial charge in [0.25, 0.3) is 0 Å². The van der Waals surface area contributed by atoms with Crippen LogP contribution in [0.4, 0.5) is 0 Å². The maximum Gasteiger partial charge on any atom is 0.305 e. The quantitative estimate of drug-likeness (QED) is 0.865. The molecule has 0 aliphatic rings. The summed E-state index contributed by atoms with van der Waals surface area (Å²) in [5.74, 6) is -0.233. The van der Waals surface area contributed by atoms with Crippen LogP contribution in [0.2, 0.25) is 0 Å². The Morgan fingerprint density at radius 1 is 1.56 bits per heavy atom. The monoisotopic (exact) mass is 238 g/mol. The SMILES string of the molecule is Cc1cscc1-c1nnnn1CCC(=O)O. The Morgan fingerprint density at radius 2 is 2.38 bits per heavy atom.